The highest BCUT2D eigenvalue weighted by atomic mass is 79.9. The molecular weight excluding hydrogens is 296 g/mol. The lowest BCUT2D eigenvalue weighted by Gasteiger charge is -2.14. The maximum absolute atomic E-state index is 5.55. The van der Waals surface area contributed by atoms with Gasteiger partial charge in [-0.25, -0.2) is 0 Å². The van der Waals surface area contributed by atoms with Crippen LogP contribution in [0.5, 0.6) is 0 Å². The van der Waals surface area contributed by atoms with E-state index in [-0.39, 0.29) is 0 Å². The summed E-state index contributed by atoms with van der Waals surface area (Å²) in [5.74, 6) is 6.54. The van der Waals surface area contributed by atoms with Crippen molar-refractivity contribution in [1.29, 1.82) is 0 Å². The van der Waals surface area contributed by atoms with Crippen molar-refractivity contribution in [3.05, 3.63) is 41.4 Å². The molecule has 0 saturated heterocycles. The van der Waals surface area contributed by atoms with Crippen LogP contribution in [0.2, 0.25) is 0 Å². The molecule has 94 valence electrons. The fraction of sp³-hybridized carbons (Fsp3) is 0.385. The molecule has 0 radical (unpaired) electrons. The van der Waals surface area contributed by atoms with Crippen LogP contribution in [0.4, 0.5) is 0 Å². The monoisotopic (exact) mass is 314 g/mol. The van der Waals surface area contributed by atoms with Crippen molar-refractivity contribution in [2.45, 2.75) is 30.2 Å². The van der Waals surface area contributed by atoms with Crippen LogP contribution in [-0.4, -0.2) is 11.8 Å². The molecule has 4 heteroatoms. The lowest BCUT2D eigenvalue weighted by Crippen LogP contribution is -2.36. The van der Waals surface area contributed by atoms with Crippen LogP contribution >= 0.6 is 27.7 Å². The molecule has 17 heavy (non-hydrogen) atoms. The van der Waals surface area contributed by atoms with Crippen molar-refractivity contribution in [3.63, 3.8) is 0 Å². The van der Waals surface area contributed by atoms with Gasteiger partial charge in [0.2, 0.25) is 0 Å². The zero-order valence-electron chi connectivity index (χ0n) is 9.86. The van der Waals surface area contributed by atoms with Crippen LogP contribution in [0.3, 0.4) is 0 Å². The second kappa shape index (κ2) is 8.75. The molecule has 0 fully saturated rings. The smallest absolute Gasteiger partial charge is 0.0304 e. The molecule has 1 aromatic carbocycles. The fourth-order valence-corrected chi connectivity index (χ4v) is 2.70. The first-order chi connectivity index (χ1) is 8.26. The van der Waals surface area contributed by atoms with Crippen LogP contribution in [0.1, 0.15) is 19.3 Å². The molecule has 0 aromatic heterocycles. The number of nitrogens with two attached hydrogens (primary N) is 1. The SMILES string of the molecule is C=CCCCC(CSc1ccc(Br)cc1)NN. The van der Waals surface area contributed by atoms with Crippen molar-refractivity contribution >= 4 is 27.7 Å². The Morgan fingerprint density at radius 2 is 2.12 bits per heavy atom. The summed E-state index contributed by atoms with van der Waals surface area (Å²) in [5, 5.41) is 0. The minimum atomic E-state index is 0.364. The number of hydrazine groups is 1. The Labute approximate surface area is 116 Å². The van der Waals surface area contributed by atoms with Gasteiger partial charge in [0.05, 0.1) is 0 Å². The molecule has 0 bridgehead atoms. The van der Waals surface area contributed by atoms with E-state index in [2.05, 4.69) is 52.2 Å². The Kier molecular flexibility index (Phi) is 7.60. The molecule has 0 aliphatic rings. The Morgan fingerprint density at radius 3 is 2.71 bits per heavy atom. The van der Waals surface area contributed by atoms with Crippen molar-refractivity contribution < 1.29 is 0 Å². The third kappa shape index (κ3) is 6.27. The maximum Gasteiger partial charge on any atom is 0.0304 e. The number of nitrogens with one attached hydrogen (secondary N) is 1. The van der Waals surface area contributed by atoms with Gasteiger partial charge in [0.1, 0.15) is 0 Å². The van der Waals surface area contributed by atoms with E-state index in [4.69, 9.17) is 5.84 Å². The Morgan fingerprint density at radius 1 is 1.41 bits per heavy atom. The van der Waals surface area contributed by atoms with Crippen LogP contribution in [-0.2, 0) is 0 Å². The lowest BCUT2D eigenvalue weighted by molar-refractivity contribution is 0.522. The molecule has 2 nitrogen and oxygen atoms in total. The first-order valence-corrected chi connectivity index (χ1v) is 7.49. The predicted molar refractivity (Wildman–Crippen MR) is 80.0 cm³/mol. The van der Waals surface area contributed by atoms with E-state index in [9.17, 15) is 0 Å². The van der Waals surface area contributed by atoms with Crippen molar-refractivity contribution in [1.82, 2.24) is 5.43 Å². The number of allylic oxidation sites excluding steroid dienone is 1. The minimum absolute atomic E-state index is 0.364. The summed E-state index contributed by atoms with van der Waals surface area (Å²) >= 11 is 5.26. The van der Waals surface area contributed by atoms with Gasteiger partial charge in [0.15, 0.2) is 0 Å². The van der Waals surface area contributed by atoms with E-state index in [1.165, 1.54) is 4.90 Å². The molecule has 1 aromatic rings. The van der Waals surface area contributed by atoms with Crippen LogP contribution < -0.4 is 11.3 Å². The summed E-state index contributed by atoms with van der Waals surface area (Å²) < 4.78 is 1.11. The van der Waals surface area contributed by atoms with Gasteiger partial charge in [0.25, 0.3) is 0 Å². The van der Waals surface area contributed by atoms with Gasteiger partial charge in [-0.15, -0.1) is 18.3 Å². The molecule has 0 aliphatic heterocycles. The van der Waals surface area contributed by atoms with E-state index in [0.29, 0.717) is 6.04 Å². The number of benzene rings is 1. The fourth-order valence-electron chi connectivity index (χ4n) is 1.45. The molecule has 0 amide bonds. The molecule has 0 saturated carbocycles. The summed E-state index contributed by atoms with van der Waals surface area (Å²) in [6, 6.07) is 8.72. The highest BCUT2D eigenvalue weighted by Gasteiger charge is 2.06. The molecule has 0 heterocycles. The molecule has 1 atom stereocenters. The zero-order valence-corrected chi connectivity index (χ0v) is 12.3. The summed E-state index contributed by atoms with van der Waals surface area (Å²) in [6.07, 6.45) is 5.24. The number of unbranched alkanes of at least 4 members (excludes halogenated alkanes) is 1. The van der Waals surface area contributed by atoms with Crippen LogP contribution in [0.15, 0.2) is 46.3 Å². The first kappa shape index (κ1) is 14.8. The van der Waals surface area contributed by atoms with Gasteiger partial charge in [-0.3, -0.25) is 11.3 Å². The normalized spacial score (nSPS) is 12.4. The first-order valence-electron chi connectivity index (χ1n) is 5.71. The van der Waals surface area contributed by atoms with E-state index in [1.54, 1.807) is 0 Å². The molecule has 3 N–H and O–H groups in total. The number of rotatable bonds is 8. The molecule has 0 spiro atoms. The van der Waals surface area contributed by atoms with Crippen LogP contribution in [0.25, 0.3) is 0 Å². The topological polar surface area (TPSA) is 38.0 Å². The third-order valence-corrected chi connectivity index (χ3v) is 4.16. The summed E-state index contributed by atoms with van der Waals surface area (Å²) in [5.41, 5.74) is 2.88. The van der Waals surface area contributed by atoms with Crippen molar-refractivity contribution in [2.75, 3.05) is 5.75 Å². The quantitative estimate of drug-likeness (QED) is 0.252. The van der Waals surface area contributed by atoms with Gasteiger partial charge >= 0.3 is 0 Å². The van der Waals surface area contributed by atoms with Gasteiger partial charge < -0.3 is 0 Å². The third-order valence-electron chi connectivity index (χ3n) is 2.46. The summed E-state index contributed by atoms with van der Waals surface area (Å²) in [7, 11) is 0. The molecule has 0 aliphatic carbocycles. The van der Waals surface area contributed by atoms with E-state index in [1.807, 2.05) is 17.8 Å². The average molecular weight is 315 g/mol. The summed E-state index contributed by atoms with van der Waals surface area (Å²) in [6.45, 7) is 3.72. The molecular formula is C13H19BrN2S. The second-order valence-corrected chi connectivity index (χ2v) is 5.86. The number of halogens is 1. The highest BCUT2D eigenvalue weighted by Crippen LogP contribution is 2.22. The van der Waals surface area contributed by atoms with Crippen molar-refractivity contribution in [2.24, 2.45) is 5.84 Å². The standard InChI is InChI=1S/C13H19BrN2S/c1-2-3-4-5-12(16-15)10-17-13-8-6-11(14)7-9-13/h2,6-9,12,16H,1,3-5,10,15H2. The Bertz CT molecular complexity index is 327. The van der Waals surface area contributed by atoms with Gasteiger partial charge in [-0.2, -0.15) is 0 Å². The molecule has 1 unspecified atom stereocenters. The summed E-state index contributed by atoms with van der Waals surface area (Å²) in [4.78, 5) is 1.28. The van der Waals surface area contributed by atoms with Gasteiger partial charge in [-0.1, -0.05) is 22.0 Å². The lowest BCUT2D eigenvalue weighted by atomic mass is 10.1. The maximum atomic E-state index is 5.55. The second-order valence-electron chi connectivity index (χ2n) is 3.85. The van der Waals surface area contributed by atoms with Gasteiger partial charge in [-0.05, 0) is 43.5 Å². The largest absolute Gasteiger partial charge is 0.271 e. The van der Waals surface area contributed by atoms with E-state index in [0.717, 1.165) is 29.5 Å². The van der Waals surface area contributed by atoms with E-state index >= 15 is 0 Å². The number of hydrogen-bond acceptors (Lipinski definition) is 3. The molecule has 1 rings (SSSR count). The predicted octanol–water partition coefficient (Wildman–Crippen LogP) is 3.73. The van der Waals surface area contributed by atoms with Crippen molar-refractivity contribution in [3.8, 4) is 0 Å². The Hall–Kier alpha value is -0.290. The zero-order chi connectivity index (χ0) is 12.5. The van der Waals surface area contributed by atoms with Gasteiger partial charge in [0, 0.05) is 21.2 Å². The highest BCUT2D eigenvalue weighted by molar-refractivity contribution is 9.10. The van der Waals surface area contributed by atoms with Crippen LogP contribution in [0, 0.1) is 0 Å². The minimum Gasteiger partial charge on any atom is -0.271 e. The van der Waals surface area contributed by atoms with E-state index < -0.39 is 0 Å². The average Bonchev–Trinajstić information content (AvgIpc) is 2.35. The Balaban J connectivity index is 2.31. The number of hydrogen-bond donors (Lipinski definition) is 2. The number of thioether (sulfide) groups is 1.